The Kier molecular flexibility index (Phi) is 6.64. The van der Waals surface area contributed by atoms with Gasteiger partial charge < -0.3 is 14.8 Å². The van der Waals surface area contributed by atoms with Gasteiger partial charge in [0.15, 0.2) is 0 Å². The topological polar surface area (TPSA) is 30.5 Å². The lowest BCUT2D eigenvalue weighted by Gasteiger charge is -2.15. The molecule has 3 aromatic rings. The van der Waals surface area contributed by atoms with Crippen LogP contribution in [0.2, 0.25) is 0 Å². The Morgan fingerprint density at radius 3 is 2.50 bits per heavy atom. The van der Waals surface area contributed by atoms with Gasteiger partial charge in [0.1, 0.15) is 12.4 Å². The SMILES string of the molecule is CCOCCOc1ccc2ccccc2c1CNCc1ccccc1C. The van der Waals surface area contributed by atoms with E-state index in [9.17, 15) is 0 Å². The fourth-order valence-electron chi connectivity index (χ4n) is 3.12. The molecule has 0 saturated carbocycles. The van der Waals surface area contributed by atoms with E-state index in [1.165, 1.54) is 27.5 Å². The van der Waals surface area contributed by atoms with Crippen LogP contribution in [0.4, 0.5) is 0 Å². The lowest BCUT2D eigenvalue weighted by molar-refractivity contribution is 0.110. The smallest absolute Gasteiger partial charge is 0.124 e. The zero-order chi connectivity index (χ0) is 18.2. The zero-order valence-corrected chi connectivity index (χ0v) is 15.6. The van der Waals surface area contributed by atoms with Crippen molar-refractivity contribution in [3.63, 3.8) is 0 Å². The molecule has 0 fully saturated rings. The molecule has 3 nitrogen and oxygen atoms in total. The number of hydrogen-bond donors (Lipinski definition) is 1. The first-order valence-corrected chi connectivity index (χ1v) is 9.26. The fourth-order valence-corrected chi connectivity index (χ4v) is 3.12. The van der Waals surface area contributed by atoms with Gasteiger partial charge in [-0.3, -0.25) is 0 Å². The second kappa shape index (κ2) is 9.37. The van der Waals surface area contributed by atoms with E-state index in [4.69, 9.17) is 9.47 Å². The maximum Gasteiger partial charge on any atom is 0.124 e. The summed E-state index contributed by atoms with van der Waals surface area (Å²) in [5.74, 6) is 0.931. The molecular weight excluding hydrogens is 322 g/mol. The van der Waals surface area contributed by atoms with Crippen LogP contribution in [0.25, 0.3) is 10.8 Å². The summed E-state index contributed by atoms with van der Waals surface area (Å²) in [6.45, 7) is 7.64. The standard InChI is InChI=1S/C23H27NO2/c1-3-25-14-15-26-23-13-12-19-9-6-7-11-21(19)22(23)17-24-16-20-10-5-4-8-18(20)2/h4-13,24H,3,14-17H2,1-2H3. The highest BCUT2D eigenvalue weighted by Crippen LogP contribution is 2.28. The molecule has 0 aliphatic carbocycles. The van der Waals surface area contributed by atoms with Crippen LogP contribution in [-0.2, 0) is 17.8 Å². The minimum Gasteiger partial charge on any atom is -0.491 e. The van der Waals surface area contributed by atoms with Gasteiger partial charge in [-0.2, -0.15) is 0 Å². The molecule has 3 heteroatoms. The summed E-state index contributed by atoms with van der Waals surface area (Å²) in [7, 11) is 0. The van der Waals surface area contributed by atoms with Gasteiger partial charge >= 0.3 is 0 Å². The van der Waals surface area contributed by atoms with Gasteiger partial charge in [-0.05, 0) is 41.8 Å². The van der Waals surface area contributed by atoms with Gasteiger partial charge in [-0.1, -0.05) is 54.6 Å². The number of rotatable bonds is 9. The van der Waals surface area contributed by atoms with Crippen molar-refractivity contribution in [2.45, 2.75) is 26.9 Å². The molecule has 0 saturated heterocycles. The highest BCUT2D eigenvalue weighted by atomic mass is 16.5. The van der Waals surface area contributed by atoms with Crippen LogP contribution in [-0.4, -0.2) is 19.8 Å². The summed E-state index contributed by atoms with van der Waals surface area (Å²) in [4.78, 5) is 0. The van der Waals surface area contributed by atoms with Crippen LogP contribution >= 0.6 is 0 Å². The Bertz CT molecular complexity index is 844. The molecule has 0 aliphatic heterocycles. The van der Waals surface area contributed by atoms with Gasteiger partial charge in [0.05, 0.1) is 6.61 Å². The Labute approximate surface area is 156 Å². The molecule has 0 bridgehead atoms. The van der Waals surface area contributed by atoms with Crippen LogP contribution in [0, 0.1) is 6.92 Å². The van der Waals surface area contributed by atoms with E-state index in [-0.39, 0.29) is 0 Å². The predicted molar refractivity (Wildman–Crippen MR) is 108 cm³/mol. The molecule has 0 unspecified atom stereocenters. The Morgan fingerprint density at radius 1 is 0.846 bits per heavy atom. The number of ether oxygens (including phenoxy) is 2. The third-order valence-corrected chi connectivity index (χ3v) is 4.57. The van der Waals surface area contributed by atoms with E-state index >= 15 is 0 Å². The van der Waals surface area contributed by atoms with Gasteiger partial charge in [-0.15, -0.1) is 0 Å². The molecule has 0 radical (unpaired) electrons. The van der Waals surface area contributed by atoms with E-state index < -0.39 is 0 Å². The van der Waals surface area contributed by atoms with E-state index in [0.29, 0.717) is 19.8 Å². The summed E-state index contributed by atoms with van der Waals surface area (Å²) in [6, 6.07) is 21.1. The first kappa shape index (κ1) is 18.4. The molecule has 0 aromatic heterocycles. The average molecular weight is 349 g/mol. The van der Waals surface area contributed by atoms with Crippen molar-refractivity contribution < 1.29 is 9.47 Å². The first-order valence-electron chi connectivity index (χ1n) is 9.26. The molecule has 1 N–H and O–H groups in total. The summed E-state index contributed by atoms with van der Waals surface area (Å²) in [6.07, 6.45) is 0. The maximum absolute atomic E-state index is 6.01. The van der Waals surface area contributed by atoms with Crippen molar-refractivity contribution in [1.82, 2.24) is 5.32 Å². The second-order valence-electron chi connectivity index (χ2n) is 6.34. The van der Waals surface area contributed by atoms with E-state index in [1.807, 2.05) is 6.92 Å². The molecule has 0 aliphatic rings. The van der Waals surface area contributed by atoms with Gasteiger partial charge in [0.2, 0.25) is 0 Å². The zero-order valence-electron chi connectivity index (χ0n) is 15.6. The van der Waals surface area contributed by atoms with Crippen molar-refractivity contribution in [3.05, 3.63) is 77.4 Å². The highest BCUT2D eigenvalue weighted by Gasteiger charge is 2.09. The second-order valence-corrected chi connectivity index (χ2v) is 6.34. The van der Waals surface area contributed by atoms with E-state index in [2.05, 4.69) is 72.9 Å². The van der Waals surface area contributed by atoms with E-state index in [0.717, 1.165) is 18.8 Å². The van der Waals surface area contributed by atoms with Crippen molar-refractivity contribution in [1.29, 1.82) is 0 Å². The Morgan fingerprint density at radius 2 is 1.65 bits per heavy atom. The predicted octanol–water partition coefficient (Wildman–Crippen LogP) is 4.85. The van der Waals surface area contributed by atoms with Gasteiger partial charge in [0, 0.05) is 25.3 Å². The van der Waals surface area contributed by atoms with E-state index in [1.54, 1.807) is 0 Å². The van der Waals surface area contributed by atoms with Crippen LogP contribution < -0.4 is 10.1 Å². The monoisotopic (exact) mass is 349 g/mol. The van der Waals surface area contributed by atoms with Crippen molar-refractivity contribution in [2.75, 3.05) is 19.8 Å². The molecule has 0 heterocycles. The lowest BCUT2D eigenvalue weighted by atomic mass is 10.0. The number of fused-ring (bicyclic) bond motifs is 1. The first-order chi connectivity index (χ1) is 12.8. The molecule has 0 atom stereocenters. The normalized spacial score (nSPS) is 11.0. The number of aryl methyl sites for hydroxylation is 1. The molecule has 136 valence electrons. The Hall–Kier alpha value is -2.36. The molecule has 0 amide bonds. The lowest BCUT2D eigenvalue weighted by Crippen LogP contribution is -2.15. The highest BCUT2D eigenvalue weighted by molar-refractivity contribution is 5.87. The van der Waals surface area contributed by atoms with Crippen LogP contribution in [0.3, 0.4) is 0 Å². The average Bonchev–Trinajstić information content (AvgIpc) is 2.67. The number of benzene rings is 3. The summed E-state index contributed by atoms with van der Waals surface area (Å²) in [5, 5.41) is 6.05. The van der Waals surface area contributed by atoms with Crippen molar-refractivity contribution in [2.24, 2.45) is 0 Å². The Balaban J connectivity index is 1.76. The van der Waals surface area contributed by atoms with Gasteiger partial charge in [-0.25, -0.2) is 0 Å². The van der Waals surface area contributed by atoms with Crippen LogP contribution in [0.5, 0.6) is 5.75 Å². The summed E-state index contributed by atoms with van der Waals surface area (Å²) >= 11 is 0. The third kappa shape index (κ3) is 4.63. The molecular formula is C23H27NO2. The van der Waals surface area contributed by atoms with Crippen molar-refractivity contribution >= 4 is 10.8 Å². The quantitative estimate of drug-likeness (QED) is 0.560. The molecule has 3 aromatic carbocycles. The van der Waals surface area contributed by atoms with Crippen LogP contribution in [0.1, 0.15) is 23.6 Å². The minimum atomic E-state index is 0.566. The number of nitrogens with one attached hydrogen (secondary N) is 1. The summed E-state index contributed by atoms with van der Waals surface area (Å²) in [5.41, 5.74) is 3.84. The van der Waals surface area contributed by atoms with Crippen molar-refractivity contribution in [3.8, 4) is 5.75 Å². The largest absolute Gasteiger partial charge is 0.491 e. The third-order valence-electron chi connectivity index (χ3n) is 4.57. The summed E-state index contributed by atoms with van der Waals surface area (Å²) < 4.78 is 11.4. The molecule has 0 spiro atoms. The maximum atomic E-state index is 6.01. The van der Waals surface area contributed by atoms with Crippen LogP contribution in [0.15, 0.2) is 60.7 Å². The number of hydrogen-bond acceptors (Lipinski definition) is 3. The fraction of sp³-hybridized carbons (Fsp3) is 0.304. The molecule has 26 heavy (non-hydrogen) atoms. The minimum absolute atomic E-state index is 0.566. The van der Waals surface area contributed by atoms with Gasteiger partial charge in [0.25, 0.3) is 0 Å². The molecule has 3 rings (SSSR count).